The topological polar surface area (TPSA) is 35.5 Å². The van der Waals surface area contributed by atoms with E-state index in [4.69, 9.17) is 9.47 Å². The summed E-state index contributed by atoms with van der Waals surface area (Å²) >= 11 is 3.34. The Morgan fingerprint density at radius 2 is 1.90 bits per heavy atom. The Morgan fingerprint density at radius 1 is 1.15 bits per heavy atom. The fourth-order valence-corrected chi connectivity index (χ4v) is 2.01. The van der Waals surface area contributed by atoms with E-state index in [-0.39, 0.29) is 12.4 Å². The third-order valence-electron chi connectivity index (χ3n) is 2.80. The number of carbonyl (C=O) groups is 1. The number of rotatable bonds is 6. The van der Waals surface area contributed by atoms with Crippen LogP contribution in [-0.4, -0.2) is 19.5 Å². The van der Waals surface area contributed by atoms with Crippen molar-refractivity contribution in [3.05, 3.63) is 64.1 Å². The van der Waals surface area contributed by atoms with Gasteiger partial charge in [-0.05, 0) is 29.8 Å². The first-order valence-corrected chi connectivity index (χ1v) is 6.98. The number of ketones is 1. The number of carbonyl (C=O) groups excluding carboxylic acids is 1. The molecule has 0 heterocycles. The van der Waals surface area contributed by atoms with E-state index in [0.717, 1.165) is 15.8 Å². The molecule has 2 rings (SSSR count). The number of methoxy groups -OCH3 is 1. The highest BCUT2D eigenvalue weighted by Gasteiger charge is 2.06. The lowest BCUT2D eigenvalue weighted by Crippen LogP contribution is -2.09. The van der Waals surface area contributed by atoms with Crippen LogP contribution in [0.4, 0.5) is 0 Å². The summed E-state index contributed by atoms with van der Waals surface area (Å²) < 4.78 is 11.5. The van der Waals surface area contributed by atoms with Gasteiger partial charge in [-0.3, -0.25) is 4.79 Å². The van der Waals surface area contributed by atoms with Gasteiger partial charge in [-0.1, -0.05) is 40.2 Å². The predicted molar refractivity (Wildman–Crippen MR) is 81.1 cm³/mol. The molecule has 0 amide bonds. The van der Waals surface area contributed by atoms with Gasteiger partial charge in [0.05, 0.1) is 13.7 Å². The summed E-state index contributed by atoms with van der Waals surface area (Å²) in [6, 6.07) is 14.8. The van der Waals surface area contributed by atoms with E-state index in [0.29, 0.717) is 12.2 Å². The van der Waals surface area contributed by atoms with Crippen molar-refractivity contribution in [2.24, 2.45) is 0 Å². The molecule has 0 unspecified atom stereocenters. The first kappa shape index (κ1) is 14.8. The van der Waals surface area contributed by atoms with Gasteiger partial charge in [0, 0.05) is 10.0 Å². The number of benzene rings is 2. The van der Waals surface area contributed by atoms with Crippen LogP contribution in [0, 0.1) is 0 Å². The lowest BCUT2D eigenvalue weighted by molar-refractivity contribution is 0.0726. The minimum absolute atomic E-state index is 0.0274. The van der Waals surface area contributed by atoms with Crippen LogP contribution in [0.3, 0.4) is 0 Å². The lowest BCUT2D eigenvalue weighted by atomic mass is 10.1. The highest BCUT2D eigenvalue weighted by Crippen LogP contribution is 2.14. The van der Waals surface area contributed by atoms with Gasteiger partial charge in [-0.25, -0.2) is 0 Å². The number of hydrogen-bond donors (Lipinski definition) is 0. The third-order valence-corrected chi connectivity index (χ3v) is 3.33. The molecule has 0 atom stereocenters. The van der Waals surface area contributed by atoms with E-state index in [1.165, 1.54) is 0 Å². The fourth-order valence-electron chi connectivity index (χ4n) is 1.74. The fraction of sp³-hybridized carbons (Fsp3) is 0.188. The smallest absolute Gasteiger partial charge is 0.188 e. The SMILES string of the molecule is COc1cccc(COCC(=O)c2ccc(Br)cc2)c1. The zero-order valence-electron chi connectivity index (χ0n) is 11.1. The number of hydrogen-bond acceptors (Lipinski definition) is 3. The zero-order valence-corrected chi connectivity index (χ0v) is 12.7. The average molecular weight is 335 g/mol. The maximum absolute atomic E-state index is 11.9. The quantitative estimate of drug-likeness (QED) is 0.752. The van der Waals surface area contributed by atoms with Crippen molar-refractivity contribution in [2.45, 2.75) is 6.61 Å². The highest BCUT2D eigenvalue weighted by atomic mass is 79.9. The minimum atomic E-state index is -0.0274. The van der Waals surface area contributed by atoms with Gasteiger partial charge in [0.15, 0.2) is 5.78 Å². The summed E-state index contributed by atoms with van der Waals surface area (Å²) in [6.07, 6.45) is 0. The Morgan fingerprint density at radius 3 is 2.60 bits per heavy atom. The van der Waals surface area contributed by atoms with E-state index in [2.05, 4.69) is 15.9 Å². The van der Waals surface area contributed by atoms with Crippen molar-refractivity contribution in [3.63, 3.8) is 0 Å². The normalized spacial score (nSPS) is 10.3. The zero-order chi connectivity index (χ0) is 14.4. The second-order valence-electron chi connectivity index (χ2n) is 4.27. The van der Waals surface area contributed by atoms with Crippen molar-refractivity contribution in [1.29, 1.82) is 0 Å². The van der Waals surface area contributed by atoms with E-state index in [9.17, 15) is 4.79 Å². The molecular weight excluding hydrogens is 320 g/mol. The predicted octanol–water partition coefficient (Wildman–Crippen LogP) is 3.86. The van der Waals surface area contributed by atoms with Crippen LogP contribution in [0.2, 0.25) is 0 Å². The van der Waals surface area contributed by atoms with Crippen molar-refractivity contribution >= 4 is 21.7 Å². The van der Waals surface area contributed by atoms with Crippen LogP contribution in [0.5, 0.6) is 5.75 Å². The number of Topliss-reactive ketones (excluding diaryl/α,β-unsaturated/α-hetero) is 1. The molecule has 0 bridgehead atoms. The summed E-state index contributed by atoms with van der Waals surface area (Å²) in [5.74, 6) is 0.755. The number of halogens is 1. The van der Waals surface area contributed by atoms with Gasteiger partial charge in [0.2, 0.25) is 0 Å². The molecule has 0 aliphatic rings. The van der Waals surface area contributed by atoms with Crippen LogP contribution in [0.25, 0.3) is 0 Å². The molecule has 104 valence electrons. The minimum Gasteiger partial charge on any atom is -0.497 e. The Bertz CT molecular complexity index is 579. The largest absolute Gasteiger partial charge is 0.497 e. The van der Waals surface area contributed by atoms with E-state index >= 15 is 0 Å². The average Bonchev–Trinajstić information content (AvgIpc) is 2.48. The van der Waals surface area contributed by atoms with Crippen molar-refractivity contribution in [3.8, 4) is 5.75 Å². The molecule has 0 saturated heterocycles. The van der Waals surface area contributed by atoms with Gasteiger partial charge in [0.25, 0.3) is 0 Å². The molecule has 0 fully saturated rings. The van der Waals surface area contributed by atoms with Gasteiger partial charge in [-0.2, -0.15) is 0 Å². The Balaban J connectivity index is 1.86. The van der Waals surface area contributed by atoms with Gasteiger partial charge < -0.3 is 9.47 Å². The molecule has 0 aliphatic carbocycles. The van der Waals surface area contributed by atoms with Crippen LogP contribution in [0.1, 0.15) is 15.9 Å². The summed E-state index contributed by atoms with van der Waals surface area (Å²) in [5, 5.41) is 0. The first-order chi connectivity index (χ1) is 9.69. The molecule has 3 nitrogen and oxygen atoms in total. The molecule has 2 aromatic carbocycles. The summed E-state index contributed by atoms with van der Waals surface area (Å²) in [5.41, 5.74) is 1.63. The van der Waals surface area contributed by atoms with Crippen LogP contribution >= 0.6 is 15.9 Å². The third kappa shape index (κ3) is 4.18. The Kier molecular flexibility index (Phi) is 5.32. The van der Waals surface area contributed by atoms with Crippen LogP contribution in [-0.2, 0) is 11.3 Å². The molecule has 0 aromatic heterocycles. The standard InChI is InChI=1S/C16H15BrO3/c1-19-15-4-2-3-12(9-15)10-20-11-16(18)13-5-7-14(17)8-6-13/h2-9H,10-11H2,1H3. The number of ether oxygens (including phenoxy) is 2. The molecule has 2 aromatic rings. The molecule has 0 radical (unpaired) electrons. The van der Waals surface area contributed by atoms with E-state index < -0.39 is 0 Å². The molecule has 0 N–H and O–H groups in total. The van der Waals surface area contributed by atoms with E-state index in [1.807, 2.05) is 36.4 Å². The summed E-state index contributed by atoms with van der Waals surface area (Å²) in [4.78, 5) is 11.9. The highest BCUT2D eigenvalue weighted by molar-refractivity contribution is 9.10. The lowest BCUT2D eigenvalue weighted by Gasteiger charge is -2.06. The van der Waals surface area contributed by atoms with Crippen LogP contribution in [0.15, 0.2) is 53.0 Å². The molecule has 20 heavy (non-hydrogen) atoms. The van der Waals surface area contributed by atoms with Crippen molar-refractivity contribution in [1.82, 2.24) is 0 Å². The van der Waals surface area contributed by atoms with Gasteiger partial charge >= 0.3 is 0 Å². The molecule has 0 aliphatic heterocycles. The maximum atomic E-state index is 11.9. The second-order valence-corrected chi connectivity index (χ2v) is 5.19. The second kappa shape index (κ2) is 7.22. The summed E-state index contributed by atoms with van der Waals surface area (Å²) in [7, 11) is 1.62. The molecule has 0 spiro atoms. The Labute approximate surface area is 126 Å². The maximum Gasteiger partial charge on any atom is 0.188 e. The molecular formula is C16H15BrO3. The molecule has 4 heteroatoms. The first-order valence-electron chi connectivity index (χ1n) is 6.18. The summed E-state index contributed by atoms with van der Waals surface area (Å²) in [6.45, 7) is 0.457. The Hall–Kier alpha value is -1.65. The van der Waals surface area contributed by atoms with Crippen molar-refractivity contribution in [2.75, 3.05) is 13.7 Å². The van der Waals surface area contributed by atoms with Crippen molar-refractivity contribution < 1.29 is 14.3 Å². The monoisotopic (exact) mass is 334 g/mol. The molecule has 0 saturated carbocycles. The van der Waals surface area contributed by atoms with Gasteiger partial charge in [-0.15, -0.1) is 0 Å². The van der Waals surface area contributed by atoms with E-state index in [1.54, 1.807) is 19.2 Å². The van der Waals surface area contributed by atoms with Crippen LogP contribution < -0.4 is 4.74 Å². The van der Waals surface area contributed by atoms with Gasteiger partial charge in [0.1, 0.15) is 12.4 Å².